The van der Waals surface area contributed by atoms with Crippen molar-refractivity contribution in [1.82, 2.24) is 19.7 Å². The number of nitrogens with zero attached hydrogens (tertiary/aromatic N) is 4. The lowest BCUT2D eigenvalue weighted by atomic mass is 10.0. The van der Waals surface area contributed by atoms with Crippen LogP contribution in [0.1, 0.15) is 35.7 Å². The average molecular weight is 445 g/mol. The van der Waals surface area contributed by atoms with Crippen molar-refractivity contribution in [3.63, 3.8) is 0 Å². The lowest BCUT2D eigenvalue weighted by molar-refractivity contribution is 0.170. The highest BCUT2D eigenvalue weighted by Gasteiger charge is 2.24. The van der Waals surface area contributed by atoms with E-state index in [1.165, 1.54) is 5.56 Å². The highest BCUT2D eigenvalue weighted by atomic mass is 35.5. The molecule has 6 heteroatoms. The Morgan fingerprint density at radius 2 is 1.56 bits per heavy atom. The van der Waals surface area contributed by atoms with Crippen LogP contribution in [0.25, 0.3) is 10.8 Å². The second-order valence-corrected chi connectivity index (χ2v) is 8.84. The van der Waals surface area contributed by atoms with Crippen LogP contribution in [0.15, 0.2) is 77.9 Å². The van der Waals surface area contributed by atoms with E-state index in [1.54, 1.807) is 4.68 Å². The number of benzene rings is 2. The number of fused-ring (bicyclic) bond motifs is 1. The predicted molar refractivity (Wildman–Crippen MR) is 128 cm³/mol. The summed E-state index contributed by atoms with van der Waals surface area (Å²) >= 11 is 6.05. The molecule has 5 nitrogen and oxygen atoms in total. The quantitative estimate of drug-likeness (QED) is 0.440. The molecule has 0 bridgehead atoms. The fourth-order valence-electron chi connectivity index (χ4n) is 4.52. The first-order valence-corrected chi connectivity index (χ1v) is 11.4. The van der Waals surface area contributed by atoms with Crippen molar-refractivity contribution < 1.29 is 0 Å². The SMILES string of the molecule is O=c1c2ccccc2c(Cc2ccc(Cl)cc2)nn1C1CCN(Cc2ccncc2)CC1. The van der Waals surface area contributed by atoms with Crippen LogP contribution in [0.2, 0.25) is 5.02 Å². The van der Waals surface area contributed by atoms with Gasteiger partial charge in [-0.05, 0) is 54.3 Å². The maximum absolute atomic E-state index is 13.3. The van der Waals surface area contributed by atoms with E-state index in [4.69, 9.17) is 16.7 Å². The van der Waals surface area contributed by atoms with Gasteiger partial charge in [0.2, 0.25) is 0 Å². The van der Waals surface area contributed by atoms with Crippen molar-refractivity contribution in [1.29, 1.82) is 0 Å². The topological polar surface area (TPSA) is 51.0 Å². The van der Waals surface area contributed by atoms with Crippen LogP contribution in [0, 0.1) is 0 Å². The molecule has 4 aromatic rings. The number of aromatic nitrogens is 3. The van der Waals surface area contributed by atoms with E-state index in [2.05, 4.69) is 22.0 Å². The van der Waals surface area contributed by atoms with Crippen molar-refractivity contribution >= 4 is 22.4 Å². The molecule has 0 amide bonds. The van der Waals surface area contributed by atoms with Crippen molar-refractivity contribution in [2.24, 2.45) is 0 Å². The van der Waals surface area contributed by atoms with Gasteiger partial charge in [-0.25, -0.2) is 4.68 Å². The van der Waals surface area contributed by atoms with Gasteiger partial charge in [0.15, 0.2) is 0 Å². The molecule has 0 radical (unpaired) electrons. The lowest BCUT2D eigenvalue weighted by Gasteiger charge is -2.32. The first kappa shape index (κ1) is 20.9. The summed E-state index contributed by atoms with van der Waals surface area (Å²) in [7, 11) is 0. The summed E-state index contributed by atoms with van der Waals surface area (Å²) in [5.74, 6) is 0. The molecule has 0 N–H and O–H groups in total. The minimum absolute atomic E-state index is 0.00744. The van der Waals surface area contributed by atoms with Gasteiger partial charge in [0.05, 0.1) is 17.1 Å². The molecule has 2 aromatic heterocycles. The third-order valence-corrected chi connectivity index (χ3v) is 6.50. The first-order chi connectivity index (χ1) is 15.7. The van der Waals surface area contributed by atoms with Gasteiger partial charge in [-0.3, -0.25) is 14.7 Å². The van der Waals surface area contributed by atoms with Gasteiger partial charge in [0, 0.05) is 48.9 Å². The fourth-order valence-corrected chi connectivity index (χ4v) is 4.64. The first-order valence-electron chi connectivity index (χ1n) is 11.0. The maximum Gasteiger partial charge on any atom is 0.274 e. The summed E-state index contributed by atoms with van der Waals surface area (Å²) in [5, 5.41) is 7.28. The largest absolute Gasteiger partial charge is 0.299 e. The number of pyridine rings is 1. The van der Waals surface area contributed by atoms with Crippen LogP contribution in [0.3, 0.4) is 0 Å². The van der Waals surface area contributed by atoms with Crippen LogP contribution in [-0.4, -0.2) is 32.8 Å². The Morgan fingerprint density at radius 1 is 0.875 bits per heavy atom. The molecule has 1 aliphatic heterocycles. The number of hydrogen-bond acceptors (Lipinski definition) is 4. The van der Waals surface area contributed by atoms with Crippen LogP contribution >= 0.6 is 11.6 Å². The smallest absolute Gasteiger partial charge is 0.274 e. The van der Waals surface area contributed by atoms with Gasteiger partial charge >= 0.3 is 0 Å². The second kappa shape index (κ2) is 9.23. The molecule has 3 heterocycles. The molecule has 1 aliphatic rings. The van der Waals surface area contributed by atoms with Gasteiger partial charge in [0.1, 0.15) is 0 Å². The van der Waals surface area contributed by atoms with E-state index < -0.39 is 0 Å². The van der Waals surface area contributed by atoms with Crippen molar-refractivity contribution in [3.8, 4) is 0 Å². The Morgan fingerprint density at radius 3 is 2.28 bits per heavy atom. The molecule has 0 unspecified atom stereocenters. The molecule has 1 fully saturated rings. The second-order valence-electron chi connectivity index (χ2n) is 8.41. The van der Waals surface area contributed by atoms with Crippen LogP contribution in [-0.2, 0) is 13.0 Å². The van der Waals surface area contributed by atoms with E-state index in [-0.39, 0.29) is 11.6 Å². The van der Waals surface area contributed by atoms with Crippen molar-refractivity contribution in [2.75, 3.05) is 13.1 Å². The number of hydrogen-bond donors (Lipinski definition) is 0. The van der Waals surface area contributed by atoms with Crippen LogP contribution in [0.4, 0.5) is 0 Å². The molecule has 1 saturated heterocycles. The Balaban J connectivity index is 1.41. The third-order valence-electron chi connectivity index (χ3n) is 6.25. The molecule has 32 heavy (non-hydrogen) atoms. The number of piperidine rings is 1. The van der Waals surface area contributed by atoms with Crippen molar-refractivity contribution in [3.05, 3.63) is 105 Å². The summed E-state index contributed by atoms with van der Waals surface area (Å²) in [6.45, 7) is 2.80. The van der Waals surface area contributed by atoms with Crippen LogP contribution < -0.4 is 5.56 Å². The normalized spacial score (nSPS) is 15.3. The van der Waals surface area contributed by atoms with E-state index in [1.807, 2.05) is 60.9 Å². The molecule has 0 saturated carbocycles. The van der Waals surface area contributed by atoms with Gasteiger partial charge in [0.25, 0.3) is 5.56 Å². The van der Waals surface area contributed by atoms with Gasteiger partial charge in [-0.2, -0.15) is 5.10 Å². The monoisotopic (exact) mass is 444 g/mol. The zero-order valence-corrected chi connectivity index (χ0v) is 18.6. The van der Waals surface area contributed by atoms with E-state index in [0.717, 1.165) is 59.5 Å². The Bertz CT molecular complexity index is 1260. The highest BCUT2D eigenvalue weighted by Crippen LogP contribution is 2.24. The van der Waals surface area contributed by atoms with Gasteiger partial charge in [-0.15, -0.1) is 0 Å². The highest BCUT2D eigenvalue weighted by molar-refractivity contribution is 6.30. The Hall–Kier alpha value is -3.02. The molecule has 0 atom stereocenters. The summed E-state index contributed by atoms with van der Waals surface area (Å²) in [6, 6.07) is 19.9. The number of rotatable bonds is 5. The zero-order valence-electron chi connectivity index (χ0n) is 17.8. The summed E-state index contributed by atoms with van der Waals surface area (Å²) in [6.07, 6.45) is 6.16. The predicted octanol–water partition coefficient (Wildman–Crippen LogP) is 4.87. The summed E-state index contributed by atoms with van der Waals surface area (Å²) < 4.78 is 1.75. The average Bonchev–Trinajstić information content (AvgIpc) is 2.84. The fraction of sp³-hybridized carbons (Fsp3) is 0.269. The summed E-state index contributed by atoms with van der Waals surface area (Å²) in [4.78, 5) is 19.8. The zero-order chi connectivity index (χ0) is 21.9. The molecule has 0 aliphatic carbocycles. The van der Waals surface area contributed by atoms with Crippen LogP contribution in [0.5, 0.6) is 0 Å². The lowest BCUT2D eigenvalue weighted by Crippen LogP contribution is -2.38. The van der Waals surface area contributed by atoms with Gasteiger partial charge < -0.3 is 0 Å². The standard InChI is InChI=1S/C26H25ClN4O/c27-21-7-5-19(6-8-21)17-25-23-3-1-2-4-24(23)26(32)31(29-25)22-11-15-30(16-12-22)18-20-9-13-28-14-10-20/h1-10,13-14,22H,11-12,15-18H2. The van der Waals surface area contributed by atoms with E-state index in [0.29, 0.717) is 6.42 Å². The number of likely N-dealkylation sites (tertiary alicyclic amines) is 1. The maximum atomic E-state index is 13.3. The molecule has 162 valence electrons. The Labute approximate surface area is 192 Å². The van der Waals surface area contributed by atoms with Crippen molar-refractivity contribution in [2.45, 2.75) is 31.8 Å². The number of halogens is 1. The van der Waals surface area contributed by atoms with E-state index in [9.17, 15) is 4.79 Å². The molecule has 2 aromatic carbocycles. The summed E-state index contributed by atoms with van der Waals surface area (Å²) in [5.41, 5.74) is 3.34. The molecule has 0 spiro atoms. The Kier molecular flexibility index (Phi) is 6.02. The minimum Gasteiger partial charge on any atom is -0.299 e. The third kappa shape index (κ3) is 4.45. The molecular weight excluding hydrogens is 420 g/mol. The van der Waals surface area contributed by atoms with E-state index >= 15 is 0 Å². The van der Waals surface area contributed by atoms with Gasteiger partial charge in [-0.1, -0.05) is 41.9 Å². The molecular formula is C26H25ClN4O. The minimum atomic E-state index is 0.00744. The molecule has 5 rings (SSSR count).